The lowest BCUT2D eigenvalue weighted by Gasteiger charge is -1.99. The first-order valence-electron chi connectivity index (χ1n) is 4.23. The lowest BCUT2D eigenvalue weighted by Crippen LogP contribution is -2.00. The van der Waals surface area contributed by atoms with E-state index in [4.69, 9.17) is 16.7 Å². The number of carbonyl (C=O) groups is 1. The van der Waals surface area contributed by atoms with Crippen LogP contribution in [0.25, 0.3) is 11.2 Å². The SMILES string of the molecule is Cc1nc2c(Cl)c(C(=O)O)cnc2n1C. The van der Waals surface area contributed by atoms with Gasteiger partial charge in [-0.25, -0.2) is 14.8 Å². The number of halogens is 1. The molecule has 0 saturated heterocycles. The van der Waals surface area contributed by atoms with Crippen LogP contribution in [0.5, 0.6) is 0 Å². The Morgan fingerprint density at radius 2 is 2.27 bits per heavy atom. The maximum Gasteiger partial charge on any atom is 0.338 e. The first-order valence-corrected chi connectivity index (χ1v) is 4.61. The van der Waals surface area contributed by atoms with Crippen molar-refractivity contribution in [1.82, 2.24) is 14.5 Å². The summed E-state index contributed by atoms with van der Waals surface area (Å²) >= 11 is 5.93. The van der Waals surface area contributed by atoms with Crippen LogP contribution in [0.4, 0.5) is 0 Å². The molecule has 0 aliphatic rings. The Labute approximate surface area is 90.3 Å². The largest absolute Gasteiger partial charge is 0.478 e. The van der Waals surface area contributed by atoms with Crippen molar-refractivity contribution in [2.45, 2.75) is 6.92 Å². The lowest BCUT2D eigenvalue weighted by molar-refractivity contribution is 0.0697. The predicted octanol–water partition coefficient (Wildman–Crippen LogP) is 1.63. The monoisotopic (exact) mass is 225 g/mol. The van der Waals surface area contributed by atoms with E-state index in [1.165, 1.54) is 6.20 Å². The highest BCUT2D eigenvalue weighted by Gasteiger charge is 2.16. The normalized spacial score (nSPS) is 10.9. The lowest BCUT2D eigenvalue weighted by atomic mass is 10.3. The molecule has 0 aliphatic heterocycles. The maximum absolute atomic E-state index is 10.8. The zero-order valence-corrected chi connectivity index (χ0v) is 8.91. The van der Waals surface area contributed by atoms with E-state index in [1.807, 2.05) is 0 Å². The Balaban J connectivity index is 2.85. The van der Waals surface area contributed by atoms with Crippen LogP contribution in [-0.4, -0.2) is 25.6 Å². The van der Waals surface area contributed by atoms with Crippen molar-refractivity contribution in [3.8, 4) is 0 Å². The summed E-state index contributed by atoms with van der Waals surface area (Å²) in [6, 6.07) is 0. The van der Waals surface area contributed by atoms with E-state index < -0.39 is 5.97 Å². The number of hydrogen-bond donors (Lipinski definition) is 1. The highest BCUT2D eigenvalue weighted by Crippen LogP contribution is 2.25. The van der Waals surface area contributed by atoms with Gasteiger partial charge in [-0.15, -0.1) is 0 Å². The van der Waals surface area contributed by atoms with Crippen LogP contribution in [-0.2, 0) is 7.05 Å². The molecule has 0 amide bonds. The molecule has 2 rings (SSSR count). The number of pyridine rings is 1. The van der Waals surface area contributed by atoms with Crippen molar-refractivity contribution < 1.29 is 9.90 Å². The average molecular weight is 226 g/mol. The predicted molar refractivity (Wildman–Crippen MR) is 55.2 cm³/mol. The van der Waals surface area contributed by atoms with Crippen molar-refractivity contribution in [3.63, 3.8) is 0 Å². The summed E-state index contributed by atoms with van der Waals surface area (Å²) in [5, 5.41) is 8.98. The Bertz CT molecular complexity index is 562. The van der Waals surface area contributed by atoms with Gasteiger partial charge in [0.15, 0.2) is 5.65 Å². The molecule has 2 heterocycles. The third-order valence-electron chi connectivity index (χ3n) is 2.28. The summed E-state index contributed by atoms with van der Waals surface area (Å²) in [5.74, 6) is -0.361. The molecule has 0 saturated carbocycles. The van der Waals surface area contributed by atoms with E-state index in [-0.39, 0.29) is 10.6 Å². The first-order chi connectivity index (χ1) is 7.02. The zero-order valence-electron chi connectivity index (χ0n) is 8.15. The van der Waals surface area contributed by atoms with E-state index in [1.54, 1.807) is 18.5 Å². The smallest absolute Gasteiger partial charge is 0.338 e. The van der Waals surface area contributed by atoms with Gasteiger partial charge in [-0.05, 0) is 6.92 Å². The molecule has 0 radical (unpaired) electrons. The number of imidazole rings is 1. The van der Waals surface area contributed by atoms with Crippen molar-refractivity contribution >= 4 is 28.7 Å². The number of aromatic carboxylic acids is 1. The second-order valence-electron chi connectivity index (χ2n) is 3.18. The molecule has 0 aliphatic carbocycles. The van der Waals surface area contributed by atoms with E-state index in [0.29, 0.717) is 11.2 Å². The molecule has 2 aromatic heterocycles. The molecule has 6 heteroatoms. The standard InChI is InChI=1S/C9H8ClN3O2/c1-4-12-7-6(10)5(9(14)15)3-11-8(7)13(4)2/h3H,1-2H3,(H,14,15). The Morgan fingerprint density at radius 3 is 2.87 bits per heavy atom. The fourth-order valence-electron chi connectivity index (χ4n) is 1.35. The van der Waals surface area contributed by atoms with Gasteiger partial charge in [0, 0.05) is 13.2 Å². The van der Waals surface area contributed by atoms with Crippen molar-refractivity contribution in [2.75, 3.05) is 0 Å². The number of aryl methyl sites for hydroxylation is 2. The number of carboxylic acids is 1. The molecule has 1 N–H and O–H groups in total. The molecular weight excluding hydrogens is 218 g/mol. The van der Waals surface area contributed by atoms with Gasteiger partial charge in [0.1, 0.15) is 11.3 Å². The van der Waals surface area contributed by atoms with E-state index >= 15 is 0 Å². The van der Waals surface area contributed by atoms with Crippen LogP contribution < -0.4 is 0 Å². The van der Waals surface area contributed by atoms with Gasteiger partial charge in [0.25, 0.3) is 0 Å². The summed E-state index contributed by atoms with van der Waals surface area (Å²) in [5.41, 5.74) is 0.987. The molecule has 0 unspecified atom stereocenters. The first kappa shape index (κ1) is 9.92. The fourth-order valence-corrected chi connectivity index (χ4v) is 1.61. The number of nitrogens with zero attached hydrogens (tertiary/aromatic N) is 3. The molecule has 2 aromatic rings. The van der Waals surface area contributed by atoms with Crippen molar-refractivity contribution in [2.24, 2.45) is 7.05 Å². The van der Waals surface area contributed by atoms with Gasteiger partial charge in [-0.3, -0.25) is 0 Å². The molecule has 5 nitrogen and oxygen atoms in total. The van der Waals surface area contributed by atoms with Crippen LogP contribution in [0.2, 0.25) is 5.02 Å². The second-order valence-corrected chi connectivity index (χ2v) is 3.56. The number of hydrogen-bond acceptors (Lipinski definition) is 3. The minimum atomic E-state index is -1.10. The molecule has 0 fully saturated rings. The molecule has 0 bridgehead atoms. The van der Waals surface area contributed by atoms with Crippen LogP contribution in [0.1, 0.15) is 16.2 Å². The molecule has 15 heavy (non-hydrogen) atoms. The van der Waals surface area contributed by atoms with Gasteiger partial charge in [0.05, 0.1) is 10.6 Å². The molecule has 78 valence electrons. The number of fused-ring (bicyclic) bond motifs is 1. The second kappa shape index (κ2) is 3.20. The molecule has 0 atom stereocenters. The minimum Gasteiger partial charge on any atom is -0.478 e. The highest BCUT2D eigenvalue weighted by atomic mass is 35.5. The Morgan fingerprint density at radius 1 is 1.60 bits per heavy atom. The summed E-state index contributed by atoms with van der Waals surface area (Å²) in [4.78, 5) is 19.0. The number of rotatable bonds is 1. The van der Waals surface area contributed by atoms with Gasteiger partial charge < -0.3 is 9.67 Å². The summed E-state index contributed by atoms with van der Waals surface area (Å²) in [7, 11) is 1.80. The van der Waals surface area contributed by atoms with Crippen molar-refractivity contribution in [1.29, 1.82) is 0 Å². The highest BCUT2D eigenvalue weighted by molar-refractivity contribution is 6.37. The van der Waals surface area contributed by atoms with Gasteiger partial charge >= 0.3 is 5.97 Å². The van der Waals surface area contributed by atoms with Gasteiger partial charge in [-0.1, -0.05) is 11.6 Å². The molecular formula is C9H8ClN3O2. The third-order valence-corrected chi connectivity index (χ3v) is 2.66. The molecule has 0 spiro atoms. The maximum atomic E-state index is 10.8. The molecule has 0 aromatic carbocycles. The number of aromatic nitrogens is 3. The average Bonchev–Trinajstić information content (AvgIpc) is 2.45. The Kier molecular flexibility index (Phi) is 2.12. The van der Waals surface area contributed by atoms with Crippen LogP contribution in [0.3, 0.4) is 0 Å². The quantitative estimate of drug-likeness (QED) is 0.801. The van der Waals surface area contributed by atoms with E-state index in [9.17, 15) is 4.79 Å². The van der Waals surface area contributed by atoms with Crippen LogP contribution in [0.15, 0.2) is 6.20 Å². The van der Waals surface area contributed by atoms with E-state index in [2.05, 4.69) is 9.97 Å². The summed E-state index contributed by atoms with van der Waals surface area (Å²) in [6.07, 6.45) is 1.24. The topological polar surface area (TPSA) is 68.0 Å². The van der Waals surface area contributed by atoms with Crippen LogP contribution >= 0.6 is 11.6 Å². The third kappa shape index (κ3) is 1.35. The van der Waals surface area contributed by atoms with Gasteiger partial charge in [0.2, 0.25) is 0 Å². The summed E-state index contributed by atoms with van der Waals surface area (Å²) < 4.78 is 1.76. The fraction of sp³-hybridized carbons (Fsp3) is 0.222. The van der Waals surface area contributed by atoms with Crippen molar-refractivity contribution in [3.05, 3.63) is 22.6 Å². The van der Waals surface area contributed by atoms with Gasteiger partial charge in [-0.2, -0.15) is 0 Å². The Hall–Kier alpha value is -1.62. The summed E-state index contributed by atoms with van der Waals surface area (Å²) in [6.45, 7) is 1.80. The van der Waals surface area contributed by atoms with Crippen LogP contribution in [0, 0.1) is 6.92 Å². The van der Waals surface area contributed by atoms with E-state index in [0.717, 1.165) is 5.82 Å². The number of carboxylic acid groups (broad SMARTS) is 1. The minimum absolute atomic E-state index is 0.0257. The zero-order chi connectivity index (χ0) is 11.2.